The second-order valence-electron chi connectivity index (χ2n) is 7.68. The van der Waals surface area contributed by atoms with Gasteiger partial charge in [0.05, 0.1) is 12.6 Å². The zero-order valence-corrected chi connectivity index (χ0v) is 13.5. The largest absolute Gasteiger partial charge is 0.393 e. The van der Waals surface area contributed by atoms with Gasteiger partial charge in [-0.25, -0.2) is 0 Å². The maximum absolute atomic E-state index is 12.5. The summed E-state index contributed by atoms with van der Waals surface area (Å²) in [6.45, 7) is 4.77. The van der Waals surface area contributed by atoms with Crippen molar-refractivity contribution in [2.24, 2.45) is 17.8 Å². The molecule has 1 saturated heterocycles. The van der Waals surface area contributed by atoms with Crippen LogP contribution in [0.1, 0.15) is 45.4 Å². The Hall–Kier alpha value is -0.610. The lowest BCUT2D eigenvalue weighted by atomic mass is 9.87. The number of rotatable bonds is 3. The molecule has 0 aromatic carbocycles. The van der Waals surface area contributed by atoms with Gasteiger partial charge in [-0.05, 0) is 50.4 Å². The van der Waals surface area contributed by atoms with Crippen LogP contribution in [0.3, 0.4) is 0 Å². The second kappa shape index (κ2) is 6.25. The number of aliphatic hydroxyl groups is 1. The van der Waals surface area contributed by atoms with Gasteiger partial charge in [-0.2, -0.15) is 0 Å². The molecule has 1 amide bonds. The number of carbonyl (C=O) groups excluding carboxylic acids is 1. The molecule has 0 aromatic rings. The van der Waals surface area contributed by atoms with Gasteiger partial charge in [0.2, 0.25) is 5.91 Å². The average molecular weight is 294 g/mol. The van der Waals surface area contributed by atoms with Gasteiger partial charge < -0.3 is 10.0 Å². The summed E-state index contributed by atoms with van der Waals surface area (Å²) < 4.78 is 0. The van der Waals surface area contributed by atoms with E-state index in [0.29, 0.717) is 24.4 Å². The quantitative estimate of drug-likeness (QED) is 0.862. The highest BCUT2D eigenvalue weighted by atomic mass is 16.3. The molecule has 4 nitrogen and oxygen atoms in total. The molecular weight excluding hydrogens is 264 g/mol. The fourth-order valence-electron chi connectivity index (χ4n) is 4.59. The first kappa shape index (κ1) is 15.3. The third-order valence-electron chi connectivity index (χ3n) is 6.18. The van der Waals surface area contributed by atoms with Gasteiger partial charge in [-0.1, -0.05) is 6.92 Å². The van der Waals surface area contributed by atoms with Crippen LogP contribution in [0, 0.1) is 17.8 Å². The normalized spacial score (nSPS) is 40.2. The van der Waals surface area contributed by atoms with Gasteiger partial charge in [0.1, 0.15) is 0 Å². The van der Waals surface area contributed by atoms with Gasteiger partial charge >= 0.3 is 0 Å². The summed E-state index contributed by atoms with van der Waals surface area (Å²) in [7, 11) is 1.98. The van der Waals surface area contributed by atoms with Crippen molar-refractivity contribution in [2.75, 3.05) is 26.7 Å². The molecule has 3 rings (SSSR count). The number of carbonyl (C=O) groups is 1. The van der Waals surface area contributed by atoms with E-state index in [1.54, 1.807) is 0 Å². The van der Waals surface area contributed by atoms with Crippen molar-refractivity contribution < 1.29 is 9.90 Å². The van der Waals surface area contributed by atoms with Crippen LogP contribution in [0.5, 0.6) is 0 Å². The van der Waals surface area contributed by atoms with Crippen LogP contribution in [0.4, 0.5) is 0 Å². The van der Waals surface area contributed by atoms with Crippen molar-refractivity contribution in [3.8, 4) is 0 Å². The van der Waals surface area contributed by atoms with Gasteiger partial charge in [0.15, 0.2) is 0 Å². The Kier molecular flexibility index (Phi) is 4.55. The molecule has 0 aromatic heterocycles. The summed E-state index contributed by atoms with van der Waals surface area (Å²) in [4.78, 5) is 16.8. The molecule has 3 fully saturated rings. The highest BCUT2D eigenvalue weighted by molar-refractivity contribution is 5.78. The van der Waals surface area contributed by atoms with E-state index in [-0.39, 0.29) is 12.0 Å². The number of likely N-dealkylation sites (tertiary alicyclic amines) is 1. The second-order valence-corrected chi connectivity index (χ2v) is 7.68. The number of aliphatic hydroxyl groups excluding tert-OH is 1. The molecule has 3 aliphatic rings. The monoisotopic (exact) mass is 294 g/mol. The third-order valence-corrected chi connectivity index (χ3v) is 6.18. The van der Waals surface area contributed by atoms with E-state index in [9.17, 15) is 9.90 Å². The molecule has 0 spiro atoms. The Morgan fingerprint density at radius 2 is 1.86 bits per heavy atom. The number of hydrogen-bond donors (Lipinski definition) is 1. The van der Waals surface area contributed by atoms with Crippen molar-refractivity contribution in [3.63, 3.8) is 0 Å². The number of likely N-dealkylation sites (N-methyl/N-ethyl adjacent to an activating group) is 1. The third kappa shape index (κ3) is 3.26. The standard InChI is InChI=1S/C17H30N2O2/c1-12-3-6-14(7-4-12)18(2)17(21)11-19-9-13-5-8-16(20)15(13)10-19/h12-16,20H,3-11H2,1-2H3. The summed E-state index contributed by atoms with van der Waals surface area (Å²) in [6, 6.07) is 0.446. The predicted molar refractivity (Wildman–Crippen MR) is 82.9 cm³/mol. The number of nitrogens with zero attached hydrogens (tertiary/aromatic N) is 2. The Morgan fingerprint density at radius 1 is 1.14 bits per heavy atom. The Morgan fingerprint density at radius 3 is 2.52 bits per heavy atom. The van der Waals surface area contributed by atoms with Crippen LogP contribution >= 0.6 is 0 Å². The van der Waals surface area contributed by atoms with Gasteiger partial charge in [-0.3, -0.25) is 9.69 Å². The van der Waals surface area contributed by atoms with E-state index < -0.39 is 0 Å². The molecule has 2 aliphatic carbocycles. The van der Waals surface area contributed by atoms with Crippen LogP contribution in [0.2, 0.25) is 0 Å². The summed E-state index contributed by atoms with van der Waals surface area (Å²) in [5.74, 6) is 2.13. The van der Waals surface area contributed by atoms with Gasteiger partial charge in [0.25, 0.3) is 0 Å². The molecule has 4 heteroatoms. The molecule has 0 bridgehead atoms. The molecule has 120 valence electrons. The average Bonchev–Trinajstić information content (AvgIpc) is 3.01. The topological polar surface area (TPSA) is 43.8 Å². The molecule has 2 saturated carbocycles. The fraction of sp³-hybridized carbons (Fsp3) is 0.941. The lowest BCUT2D eigenvalue weighted by Crippen LogP contribution is -2.44. The smallest absolute Gasteiger partial charge is 0.236 e. The van der Waals surface area contributed by atoms with Crippen LogP contribution in [0.15, 0.2) is 0 Å². The van der Waals surface area contributed by atoms with Gasteiger partial charge in [-0.15, -0.1) is 0 Å². The molecule has 1 heterocycles. The minimum absolute atomic E-state index is 0.132. The summed E-state index contributed by atoms with van der Waals surface area (Å²) >= 11 is 0. The lowest BCUT2D eigenvalue weighted by molar-refractivity contribution is -0.133. The number of hydrogen-bond acceptors (Lipinski definition) is 3. The Balaban J connectivity index is 1.48. The highest BCUT2D eigenvalue weighted by Gasteiger charge is 2.42. The van der Waals surface area contributed by atoms with E-state index in [2.05, 4.69) is 11.8 Å². The summed E-state index contributed by atoms with van der Waals surface area (Å²) in [5.41, 5.74) is 0. The molecule has 21 heavy (non-hydrogen) atoms. The van der Waals surface area contributed by atoms with Crippen molar-refractivity contribution in [1.82, 2.24) is 9.80 Å². The van der Waals surface area contributed by atoms with Crippen molar-refractivity contribution in [3.05, 3.63) is 0 Å². The maximum Gasteiger partial charge on any atom is 0.236 e. The SMILES string of the molecule is CC1CCC(N(C)C(=O)CN2CC3CCC(O)C3C2)CC1. The minimum Gasteiger partial charge on any atom is -0.393 e. The minimum atomic E-state index is -0.132. The zero-order valence-electron chi connectivity index (χ0n) is 13.5. The number of fused-ring (bicyclic) bond motifs is 1. The predicted octanol–water partition coefficient (Wildman–Crippen LogP) is 1.73. The first-order valence-electron chi connectivity index (χ1n) is 8.70. The molecule has 1 aliphatic heterocycles. The molecule has 1 N–H and O–H groups in total. The van der Waals surface area contributed by atoms with E-state index in [1.165, 1.54) is 12.8 Å². The van der Waals surface area contributed by atoms with Crippen LogP contribution < -0.4 is 0 Å². The zero-order chi connectivity index (χ0) is 15.0. The Labute approximate surface area is 128 Å². The van der Waals surface area contributed by atoms with Crippen LogP contribution in [-0.2, 0) is 4.79 Å². The maximum atomic E-state index is 12.5. The molecule has 3 unspecified atom stereocenters. The van der Waals surface area contributed by atoms with Crippen molar-refractivity contribution in [2.45, 2.75) is 57.6 Å². The Bertz CT molecular complexity index is 379. The lowest BCUT2D eigenvalue weighted by Gasteiger charge is -2.34. The fourth-order valence-corrected chi connectivity index (χ4v) is 4.59. The van der Waals surface area contributed by atoms with Crippen molar-refractivity contribution in [1.29, 1.82) is 0 Å². The van der Waals surface area contributed by atoms with E-state index >= 15 is 0 Å². The van der Waals surface area contributed by atoms with Crippen LogP contribution in [0.25, 0.3) is 0 Å². The highest BCUT2D eigenvalue weighted by Crippen LogP contribution is 2.38. The molecular formula is C17H30N2O2. The number of amides is 1. The van der Waals surface area contributed by atoms with Crippen LogP contribution in [-0.4, -0.2) is 59.6 Å². The van der Waals surface area contributed by atoms with E-state index in [1.807, 2.05) is 11.9 Å². The summed E-state index contributed by atoms with van der Waals surface area (Å²) in [6.07, 6.45) is 6.78. The summed E-state index contributed by atoms with van der Waals surface area (Å²) in [5, 5.41) is 9.97. The first-order valence-corrected chi connectivity index (χ1v) is 8.70. The van der Waals surface area contributed by atoms with E-state index in [0.717, 1.165) is 44.7 Å². The van der Waals surface area contributed by atoms with E-state index in [4.69, 9.17) is 0 Å². The molecule has 3 atom stereocenters. The molecule has 0 radical (unpaired) electrons. The van der Waals surface area contributed by atoms with Gasteiger partial charge in [0, 0.05) is 32.1 Å². The first-order chi connectivity index (χ1) is 10.0. The van der Waals surface area contributed by atoms with Crippen molar-refractivity contribution >= 4 is 5.91 Å².